The van der Waals surface area contributed by atoms with E-state index in [2.05, 4.69) is 29.3 Å². The average molecular weight is 348 g/mol. The van der Waals surface area contributed by atoms with Gasteiger partial charge in [0.25, 0.3) is 0 Å². The smallest absolute Gasteiger partial charge is 0.0724 e. The number of benzene rings is 1. The largest absolute Gasteiger partial charge is 0.392 e. The van der Waals surface area contributed by atoms with Gasteiger partial charge in [-0.15, -0.1) is 0 Å². The van der Waals surface area contributed by atoms with Crippen LogP contribution in [0.1, 0.15) is 31.2 Å². The number of halogens is 1. The summed E-state index contributed by atoms with van der Waals surface area (Å²) in [6, 6.07) is 6.16. The van der Waals surface area contributed by atoms with Gasteiger partial charge in [-0.1, -0.05) is 11.6 Å². The molecule has 2 N–H and O–H groups in total. The number of anilines is 1. The van der Waals surface area contributed by atoms with Crippen LogP contribution in [-0.4, -0.2) is 41.7 Å². The van der Waals surface area contributed by atoms with E-state index in [0.717, 1.165) is 40.9 Å². The molecule has 0 amide bonds. The minimum Gasteiger partial charge on any atom is -0.392 e. The highest BCUT2D eigenvalue weighted by Gasteiger charge is 2.22. The number of hydrogen-bond donors (Lipinski definition) is 2. The molecule has 0 radical (unpaired) electrons. The molecule has 5 heteroatoms. The predicted octanol–water partition coefficient (Wildman–Crippen LogP) is 3.91. The second-order valence-electron chi connectivity index (χ2n) is 7.10. The van der Waals surface area contributed by atoms with Crippen molar-refractivity contribution < 1.29 is 5.11 Å². The number of aliphatic hydroxyl groups excluding tert-OH is 1. The van der Waals surface area contributed by atoms with Gasteiger partial charge >= 0.3 is 0 Å². The van der Waals surface area contributed by atoms with Crippen LogP contribution in [0.25, 0.3) is 10.9 Å². The van der Waals surface area contributed by atoms with Gasteiger partial charge in [0.1, 0.15) is 0 Å². The molecule has 0 aliphatic heterocycles. The first-order valence-electron chi connectivity index (χ1n) is 8.66. The second kappa shape index (κ2) is 7.68. The van der Waals surface area contributed by atoms with Crippen molar-refractivity contribution in [3.8, 4) is 0 Å². The second-order valence-corrected chi connectivity index (χ2v) is 7.54. The molecule has 3 rings (SSSR count). The molecule has 1 aromatic heterocycles. The molecule has 0 bridgehead atoms. The Morgan fingerprint density at radius 3 is 2.67 bits per heavy atom. The highest BCUT2D eigenvalue weighted by molar-refractivity contribution is 6.31. The summed E-state index contributed by atoms with van der Waals surface area (Å²) in [6.07, 6.45) is 6.57. The SMILES string of the molecule is CN(C)C[C@H]1CC[C@H](Nc2c(CO)cnc3ccc(Cl)cc23)CC1. The van der Waals surface area contributed by atoms with E-state index in [4.69, 9.17) is 11.6 Å². The third kappa shape index (κ3) is 4.00. The topological polar surface area (TPSA) is 48.4 Å². The van der Waals surface area contributed by atoms with Crippen LogP contribution in [0, 0.1) is 5.92 Å². The Bertz CT molecular complexity index is 696. The number of nitrogens with one attached hydrogen (secondary N) is 1. The van der Waals surface area contributed by atoms with Gasteiger partial charge in [0, 0.05) is 34.8 Å². The van der Waals surface area contributed by atoms with Crippen molar-refractivity contribution in [3.63, 3.8) is 0 Å². The Morgan fingerprint density at radius 1 is 1.25 bits per heavy atom. The van der Waals surface area contributed by atoms with Gasteiger partial charge in [0.05, 0.1) is 17.8 Å². The van der Waals surface area contributed by atoms with Gasteiger partial charge in [0.2, 0.25) is 0 Å². The lowest BCUT2D eigenvalue weighted by atomic mass is 9.85. The maximum atomic E-state index is 9.70. The van der Waals surface area contributed by atoms with Crippen molar-refractivity contribution in [1.29, 1.82) is 0 Å². The van der Waals surface area contributed by atoms with Crippen molar-refractivity contribution in [3.05, 3.63) is 35.0 Å². The maximum absolute atomic E-state index is 9.70. The van der Waals surface area contributed by atoms with Crippen LogP contribution >= 0.6 is 11.6 Å². The summed E-state index contributed by atoms with van der Waals surface area (Å²) in [5.41, 5.74) is 2.72. The Morgan fingerprint density at radius 2 is 2.00 bits per heavy atom. The van der Waals surface area contributed by atoms with Crippen LogP contribution in [0.5, 0.6) is 0 Å². The van der Waals surface area contributed by atoms with Crippen molar-refractivity contribution in [2.75, 3.05) is 26.0 Å². The lowest BCUT2D eigenvalue weighted by molar-refractivity contribution is 0.255. The highest BCUT2D eigenvalue weighted by atomic mass is 35.5. The number of aromatic nitrogens is 1. The van der Waals surface area contributed by atoms with Crippen molar-refractivity contribution in [2.45, 2.75) is 38.3 Å². The molecule has 1 aromatic carbocycles. The zero-order chi connectivity index (χ0) is 17.1. The van der Waals surface area contributed by atoms with Crippen molar-refractivity contribution in [1.82, 2.24) is 9.88 Å². The zero-order valence-corrected chi connectivity index (χ0v) is 15.2. The number of hydrogen-bond acceptors (Lipinski definition) is 4. The van der Waals surface area contributed by atoms with Crippen molar-refractivity contribution >= 4 is 28.2 Å². The molecule has 1 aliphatic carbocycles. The third-order valence-electron chi connectivity index (χ3n) is 4.90. The van der Waals surface area contributed by atoms with E-state index in [-0.39, 0.29) is 6.61 Å². The first-order chi connectivity index (χ1) is 11.6. The molecule has 130 valence electrons. The normalized spacial score (nSPS) is 21.4. The summed E-state index contributed by atoms with van der Waals surface area (Å²) in [4.78, 5) is 6.71. The van der Waals surface area contributed by atoms with Crippen LogP contribution in [0.15, 0.2) is 24.4 Å². The molecule has 0 atom stereocenters. The number of pyridine rings is 1. The first-order valence-corrected chi connectivity index (χ1v) is 9.04. The number of rotatable bonds is 5. The van der Waals surface area contributed by atoms with E-state index in [1.807, 2.05) is 18.2 Å². The fourth-order valence-corrected chi connectivity index (χ4v) is 3.88. The van der Waals surface area contributed by atoms with E-state index < -0.39 is 0 Å². The van der Waals surface area contributed by atoms with Gasteiger partial charge in [-0.05, 0) is 63.9 Å². The predicted molar refractivity (Wildman–Crippen MR) is 101 cm³/mol. The van der Waals surface area contributed by atoms with E-state index in [1.54, 1.807) is 6.20 Å². The van der Waals surface area contributed by atoms with Gasteiger partial charge in [-0.25, -0.2) is 0 Å². The molecule has 0 saturated heterocycles. The van der Waals surface area contributed by atoms with Crippen LogP contribution < -0.4 is 5.32 Å². The lowest BCUT2D eigenvalue weighted by Gasteiger charge is -2.32. The van der Waals surface area contributed by atoms with Crippen LogP contribution in [0.4, 0.5) is 5.69 Å². The summed E-state index contributed by atoms with van der Waals surface area (Å²) in [7, 11) is 4.29. The molecule has 4 nitrogen and oxygen atoms in total. The summed E-state index contributed by atoms with van der Waals surface area (Å²) in [5, 5.41) is 15.1. The Hall–Kier alpha value is -1.36. The molecule has 1 aliphatic rings. The fraction of sp³-hybridized carbons (Fsp3) is 0.526. The molecule has 0 spiro atoms. The summed E-state index contributed by atoms with van der Waals surface area (Å²) < 4.78 is 0. The zero-order valence-electron chi connectivity index (χ0n) is 14.4. The van der Waals surface area contributed by atoms with Crippen LogP contribution in [-0.2, 0) is 6.61 Å². The quantitative estimate of drug-likeness (QED) is 0.860. The number of aliphatic hydroxyl groups is 1. The van der Waals surface area contributed by atoms with Gasteiger partial charge in [0.15, 0.2) is 0 Å². The molecule has 2 aromatic rings. The molecule has 24 heavy (non-hydrogen) atoms. The molecule has 1 heterocycles. The maximum Gasteiger partial charge on any atom is 0.0724 e. The summed E-state index contributed by atoms with van der Waals surface area (Å²) in [6.45, 7) is 1.15. The van der Waals surface area contributed by atoms with E-state index in [9.17, 15) is 5.11 Å². The lowest BCUT2D eigenvalue weighted by Crippen LogP contribution is -2.31. The van der Waals surface area contributed by atoms with Crippen LogP contribution in [0.3, 0.4) is 0 Å². The monoisotopic (exact) mass is 347 g/mol. The first kappa shape index (κ1) is 17.5. The van der Waals surface area contributed by atoms with Crippen molar-refractivity contribution in [2.24, 2.45) is 5.92 Å². The number of fused-ring (bicyclic) bond motifs is 1. The van der Waals surface area contributed by atoms with E-state index in [1.165, 1.54) is 19.4 Å². The Kier molecular flexibility index (Phi) is 5.59. The minimum atomic E-state index is -0.0201. The van der Waals surface area contributed by atoms with E-state index in [0.29, 0.717) is 11.1 Å². The van der Waals surface area contributed by atoms with Gasteiger partial charge < -0.3 is 15.3 Å². The minimum absolute atomic E-state index is 0.0201. The Balaban J connectivity index is 1.78. The summed E-state index contributed by atoms with van der Waals surface area (Å²) >= 11 is 6.17. The molecule has 1 saturated carbocycles. The molecular formula is C19H26ClN3O. The van der Waals surface area contributed by atoms with Gasteiger partial charge in [-0.2, -0.15) is 0 Å². The highest BCUT2D eigenvalue weighted by Crippen LogP contribution is 2.32. The molecule has 1 fully saturated rings. The van der Waals surface area contributed by atoms with Gasteiger partial charge in [-0.3, -0.25) is 4.98 Å². The standard InChI is InChI=1S/C19H26ClN3O/c1-23(2)11-13-3-6-16(7-4-13)22-19-14(12-24)10-21-18-8-5-15(20)9-17(18)19/h5,8-10,13,16,24H,3-4,6-7,11-12H2,1-2H3,(H,21,22)/t13-,16-. The molecule has 0 unspecified atom stereocenters. The van der Waals surface area contributed by atoms with E-state index >= 15 is 0 Å². The third-order valence-corrected chi connectivity index (χ3v) is 5.13. The molecular weight excluding hydrogens is 322 g/mol. The summed E-state index contributed by atoms with van der Waals surface area (Å²) in [5.74, 6) is 0.791. The fourth-order valence-electron chi connectivity index (χ4n) is 3.71. The number of nitrogens with zero attached hydrogens (tertiary/aromatic N) is 2. The average Bonchev–Trinajstić information content (AvgIpc) is 2.56. The van der Waals surface area contributed by atoms with Crippen LogP contribution in [0.2, 0.25) is 5.02 Å². The Labute approximate surface area is 148 Å².